The van der Waals surface area contributed by atoms with Crippen molar-refractivity contribution >= 4 is 5.97 Å². The molecule has 0 fully saturated rings. The largest absolute Gasteiger partial charge is 0.481 e. The smallest absolute Gasteiger partial charge is 0.303 e. The second-order valence-electron chi connectivity index (χ2n) is 5.02. The minimum absolute atomic E-state index is 0.258. The summed E-state index contributed by atoms with van der Waals surface area (Å²) < 4.78 is 0. The van der Waals surface area contributed by atoms with Crippen molar-refractivity contribution in [3.8, 4) is 0 Å². The highest BCUT2D eigenvalue weighted by Gasteiger charge is 1.92. The molecule has 0 unspecified atom stereocenters. The Kier molecular flexibility index (Phi) is 13.6. The minimum Gasteiger partial charge on any atom is -0.481 e. The van der Waals surface area contributed by atoms with E-state index in [-0.39, 0.29) is 6.42 Å². The first kappa shape index (κ1) is 17.2. The Balaban J connectivity index is 3.04. The molecule has 0 heterocycles. The predicted octanol–water partition coefficient (Wildman–Crippen LogP) is 5.33. The van der Waals surface area contributed by atoms with Crippen molar-refractivity contribution in [3.63, 3.8) is 0 Å². The van der Waals surface area contributed by atoms with Crippen molar-refractivity contribution < 1.29 is 9.90 Å². The number of rotatable bonds is 13. The highest BCUT2D eigenvalue weighted by atomic mass is 16.4. The van der Waals surface area contributed by atoms with Gasteiger partial charge in [0.1, 0.15) is 0 Å². The molecule has 0 rings (SSSR count). The zero-order valence-electron chi connectivity index (χ0n) is 12.0. The Morgan fingerprint density at radius 3 is 1.89 bits per heavy atom. The molecule has 106 valence electrons. The quantitative estimate of drug-likeness (QED) is 0.356. The topological polar surface area (TPSA) is 37.3 Å². The molecular weight excluding hydrogens is 224 g/mol. The van der Waals surface area contributed by atoms with Crippen LogP contribution in [0, 0.1) is 0 Å². The number of hydrogen-bond acceptors (Lipinski definition) is 1. The lowest BCUT2D eigenvalue weighted by atomic mass is 10.1. The first-order valence-corrected chi connectivity index (χ1v) is 7.64. The molecule has 0 aromatic carbocycles. The molecule has 0 aromatic rings. The van der Waals surface area contributed by atoms with Crippen molar-refractivity contribution in [2.75, 3.05) is 0 Å². The third-order valence-electron chi connectivity index (χ3n) is 3.17. The summed E-state index contributed by atoms with van der Waals surface area (Å²) in [5.74, 6) is -0.706. The zero-order chi connectivity index (χ0) is 13.5. The maximum Gasteiger partial charge on any atom is 0.303 e. The van der Waals surface area contributed by atoms with E-state index in [2.05, 4.69) is 13.0 Å². The minimum atomic E-state index is -0.706. The van der Waals surface area contributed by atoms with E-state index in [1.54, 1.807) is 0 Å². The zero-order valence-corrected chi connectivity index (χ0v) is 12.0. The van der Waals surface area contributed by atoms with E-state index in [0.29, 0.717) is 6.42 Å². The Labute approximate surface area is 112 Å². The van der Waals surface area contributed by atoms with Crippen LogP contribution < -0.4 is 0 Å². The molecule has 0 radical (unpaired) electrons. The van der Waals surface area contributed by atoms with E-state index >= 15 is 0 Å². The summed E-state index contributed by atoms with van der Waals surface area (Å²) in [5, 5.41) is 8.46. The molecule has 0 aliphatic rings. The van der Waals surface area contributed by atoms with Crippen LogP contribution in [-0.2, 0) is 4.79 Å². The molecular formula is C16H30O2. The van der Waals surface area contributed by atoms with Crippen molar-refractivity contribution in [3.05, 3.63) is 12.2 Å². The second kappa shape index (κ2) is 14.3. The van der Waals surface area contributed by atoms with Gasteiger partial charge >= 0.3 is 5.97 Å². The third kappa shape index (κ3) is 15.2. The maximum absolute atomic E-state index is 10.3. The van der Waals surface area contributed by atoms with Crippen LogP contribution in [0.5, 0.6) is 0 Å². The van der Waals surface area contributed by atoms with Crippen molar-refractivity contribution in [1.29, 1.82) is 0 Å². The van der Waals surface area contributed by atoms with Gasteiger partial charge in [-0.1, -0.05) is 70.4 Å². The fraction of sp³-hybridized carbons (Fsp3) is 0.812. The average Bonchev–Trinajstić information content (AvgIpc) is 2.34. The fourth-order valence-electron chi connectivity index (χ4n) is 2.02. The molecule has 0 amide bonds. The summed E-state index contributed by atoms with van der Waals surface area (Å²) in [5.41, 5.74) is 0. The SMILES string of the molecule is CCCCCCCCCCCC=CCCC(=O)O. The lowest BCUT2D eigenvalue weighted by molar-refractivity contribution is -0.136. The summed E-state index contributed by atoms with van der Waals surface area (Å²) in [6, 6.07) is 0. The number of unbranched alkanes of at least 4 members (excludes halogenated alkanes) is 9. The second-order valence-corrected chi connectivity index (χ2v) is 5.02. The Hall–Kier alpha value is -0.790. The predicted molar refractivity (Wildman–Crippen MR) is 77.9 cm³/mol. The van der Waals surface area contributed by atoms with E-state index in [0.717, 1.165) is 6.42 Å². The van der Waals surface area contributed by atoms with E-state index in [9.17, 15) is 4.79 Å². The maximum atomic E-state index is 10.3. The monoisotopic (exact) mass is 254 g/mol. The fourth-order valence-corrected chi connectivity index (χ4v) is 2.02. The van der Waals surface area contributed by atoms with Gasteiger partial charge in [-0.3, -0.25) is 4.79 Å². The molecule has 0 aliphatic heterocycles. The number of carboxylic acid groups (broad SMARTS) is 1. The number of hydrogen-bond donors (Lipinski definition) is 1. The van der Waals surface area contributed by atoms with Crippen LogP contribution in [-0.4, -0.2) is 11.1 Å². The van der Waals surface area contributed by atoms with Crippen LogP contribution in [0.3, 0.4) is 0 Å². The van der Waals surface area contributed by atoms with Gasteiger partial charge in [0, 0.05) is 6.42 Å². The van der Waals surface area contributed by atoms with E-state index in [4.69, 9.17) is 5.11 Å². The Morgan fingerprint density at radius 2 is 1.33 bits per heavy atom. The first-order chi connectivity index (χ1) is 8.77. The highest BCUT2D eigenvalue weighted by Crippen LogP contribution is 2.10. The molecule has 0 aliphatic carbocycles. The van der Waals surface area contributed by atoms with Gasteiger partial charge in [-0.25, -0.2) is 0 Å². The van der Waals surface area contributed by atoms with Crippen molar-refractivity contribution in [2.24, 2.45) is 0 Å². The third-order valence-corrected chi connectivity index (χ3v) is 3.17. The molecule has 1 N–H and O–H groups in total. The van der Waals surface area contributed by atoms with E-state index in [1.807, 2.05) is 6.08 Å². The van der Waals surface area contributed by atoms with Crippen LogP contribution in [0.4, 0.5) is 0 Å². The van der Waals surface area contributed by atoms with Crippen LogP contribution in [0.1, 0.15) is 84.0 Å². The molecule has 0 atom stereocenters. The Morgan fingerprint density at radius 1 is 0.833 bits per heavy atom. The van der Waals surface area contributed by atoms with Crippen LogP contribution >= 0.6 is 0 Å². The van der Waals surface area contributed by atoms with Crippen molar-refractivity contribution in [1.82, 2.24) is 0 Å². The molecule has 0 saturated carbocycles. The van der Waals surface area contributed by atoms with E-state index < -0.39 is 5.97 Å². The van der Waals surface area contributed by atoms with Crippen LogP contribution in [0.2, 0.25) is 0 Å². The lowest BCUT2D eigenvalue weighted by Crippen LogP contribution is -1.91. The summed E-state index contributed by atoms with van der Waals surface area (Å²) in [6.07, 6.45) is 18.4. The van der Waals surface area contributed by atoms with Gasteiger partial charge in [0.25, 0.3) is 0 Å². The van der Waals surface area contributed by atoms with Crippen LogP contribution in [0.15, 0.2) is 12.2 Å². The molecule has 0 bridgehead atoms. The van der Waals surface area contributed by atoms with Gasteiger partial charge in [-0.2, -0.15) is 0 Å². The van der Waals surface area contributed by atoms with E-state index in [1.165, 1.54) is 57.8 Å². The molecule has 18 heavy (non-hydrogen) atoms. The van der Waals surface area contributed by atoms with Gasteiger partial charge in [0.15, 0.2) is 0 Å². The summed E-state index contributed by atoms with van der Waals surface area (Å²) in [4.78, 5) is 10.3. The van der Waals surface area contributed by atoms with Crippen LogP contribution in [0.25, 0.3) is 0 Å². The standard InChI is InChI=1S/C16H30O2/c1-2-3-4-5-6-7-8-9-10-11-12-13-14-15-16(17)18/h12-13H,2-11,14-15H2,1H3,(H,17,18). The lowest BCUT2D eigenvalue weighted by Gasteiger charge is -2.00. The number of allylic oxidation sites excluding steroid dienone is 2. The molecule has 2 heteroatoms. The van der Waals surface area contributed by atoms with Gasteiger partial charge in [-0.05, 0) is 19.3 Å². The molecule has 0 aromatic heterocycles. The molecule has 0 spiro atoms. The summed E-state index contributed by atoms with van der Waals surface area (Å²) in [7, 11) is 0. The van der Waals surface area contributed by atoms with Gasteiger partial charge in [-0.15, -0.1) is 0 Å². The van der Waals surface area contributed by atoms with Gasteiger partial charge in [0.05, 0.1) is 0 Å². The number of carboxylic acids is 1. The van der Waals surface area contributed by atoms with Gasteiger partial charge < -0.3 is 5.11 Å². The average molecular weight is 254 g/mol. The Bertz CT molecular complexity index is 209. The molecule has 2 nitrogen and oxygen atoms in total. The van der Waals surface area contributed by atoms with Crippen molar-refractivity contribution in [2.45, 2.75) is 84.0 Å². The highest BCUT2D eigenvalue weighted by molar-refractivity contribution is 5.66. The number of carbonyl (C=O) groups is 1. The molecule has 0 saturated heterocycles. The number of aliphatic carboxylic acids is 1. The summed E-state index contributed by atoms with van der Waals surface area (Å²) in [6.45, 7) is 2.25. The van der Waals surface area contributed by atoms with Gasteiger partial charge in [0.2, 0.25) is 0 Å². The first-order valence-electron chi connectivity index (χ1n) is 7.64. The normalized spacial score (nSPS) is 11.2. The summed E-state index contributed by atoms with van der Waals surface area (Å²) >= 11 is 0.